The maximum absolute atomic E-state index is 5.73. The first kappa shape index (κ1) is 18.7. The van der Waals surface area contributed by atoms with Gasteiger partial charge in [0.25, 0.3) is 0 Å². The van der Waals surface area contributed by atoms with Gasteiger partial charge in [-0.3, -0.25) is 5.10 Å². The van der Waals surface area contributed by atoms with E-state index in [4.69, 9.17) is 17.0 Å². The highest BCUT2D eigenvalue weighted by Gasteiger charge is 2.18. The van der Waals surface area contributed by atoms with Crippen molar-refractivity contribution in [3.8, 4) is 0 Å². The van der Waals surface area contributed by atoms with Crippen molar-refractivity contribution in [1.29, 1.82) is 0 Å². The molecule has 2 heterocycles. The molecule has 0 spiro atoms. The van der Waals surface area contributed by atoms with E-state index in [1.54, 1.807) is 0 Å². The molecule has 1 fully saturated rings. The average Bonchev–Trinajstić information content (AvgIpc) is 3.18. The topological polar surface area (TPSA) is 42.8 Å². The van der Waals surface area contributed by atoms with Crippen LogP contribution in [0.2, 0.25) is 0 Å². The first-order valence-corrected chi connectivity index (χ1v) is 9.97. The lowest BCUT2D eigenvalue weighted by Crippen LogP contribution is -2.17. The quantitative estimate of drug-likeness (QED) is 0.421. The number of H-pyrrole nitrogens is 1. The van der Waals surface area contributed by atoms with Crippen LogP contribution in [0.3, 0.4) is 0 Å². The largest absolute Gasteiger partial charge is 0.376 e. The highest BCUT2D eigenvalue weighted by atomic mass is 32.1. The van der Waals surface area contributed by atoms with E-state index in [0.717, 1.165) is 36.6 Å². The van der Waals surface area contributed by atoms with Crippen molar-refractivity contribution in [2.24, 2.45) is 0 Å². The smallest absolute Gasteiger partial charge is 0.195 e. The lowest BCUT2D eigenvalue weighted by atomic mass is 10.1. The van der Waals surface area contributed by atoms with Crippen molar-refractivity contribution in [2.75, 3.05) is 6.61 Å². The summed E-state index contributed by atoms with van der Waals surface area (Å²) in [5, 5.41) is 7.37. The zero-order valence-electron chi connectivity index (χ0n) is 14.7. The molecule has 0 radical (unpaired) electrons. The minimum atomic E-state index is 0.321. The highest BCUT2D eigenvalue weighted by molar-refractivity contribution is 7.71. The molecule has 4 nitrogen and oxygen atoms in total. The molecule has 1 aliphatic rings. The summed E-state index contributed by atoms with van der Waals surface area (Å²) in [6, 6.07) is 0. The maximum Gasteiger partial charge on any atom is 0.195 e. The molecule has 0 amide bonds. The zero-order chi connectivity index (χ0) is 16.3. The molecule has 0 bridgehead atoms. The van der Waals surface area contributed by atoms with E-state index in [1.807, 2.05) is 0 Å². The van der Waals surface area contributed by atoms with Gasteiger partial charge in [-0.2, -0.15) is 5.10 Å². The number of ether oxygens (including phenoxy) is 1. The van der Waals surface area contributed by atoms with Crippen LogP contribution in [0.1, 0.15) is 83.4 Å². The summed E-state index contributed by atoms with van der Waals surface area (Å²) in [6.07, 6.45) is 15.8. The van der Waals surface area contributed by atoms with Gasteiger partial charge in [0.2, 0.25) is 0 Å². The van der Waals surface area contributed by atoms with E-state index in [9.17, 15) is 0 Å². The molecule has 5 heteroatoms. The van der Waals surface area contributed by atoms with Crippen LogP contribution < -0.4 is 0 Å². The lowest BCUT2D eigenvalue weighted by molar-refractivity contribution is 0.0958. The summed E-state index contributed by atoms with van der Waals surface area (Å²) >= 11 is 5.37. The summed E-state index contributed by atoms with van der Waals surface area (Å²) in [7, 11) is 0. The summed E-state index contributed by atoms with van der Waals surface area (Å²) in [4.78, 5) is 0. The Morgan fingerprint density at radius 2 is 1.83 bits per heavy atom. The van der Waals surface area contributed by atoms with Crippen LogP contribution >= 0.6 is 12.2 Å². The normalized spacial score (nSPS) is 17.9. The predicted octanol–water partition coefficient (Wildman–Crippen LogP) is 5.19. The van der Waals surface area contributed by atoms with Crippen molar-refractivity contribution in [1.82, 2.24) is 14.8 Å². The van der Waals surface area contributed by atoms with Crippen LogP contribution in [-0.4, -0.2) is 27.5 Å². The third-order valence-corrected chi connectivity index (χ3v) is 5.06. The van der Waals surface area contributed by atoms with E-state index in [2.05, 4.69) is 21.7 Å². The molecule has 132 valence electrons. The molecule has 1 unspecified atom stereocenters. The van der Waals surface area contributed by atoms with Crippen LogP contribution in [-0.2, 0) is 17.7 Å². The third kappa shape index (κ3) is 6.76. The number of hydrogen-bond donors (Lipinski definition) is 1. The zero-order valence-corrected chi connectivity index (χ0v) is 15.5. The fraction of sp³-hybridized carbons (Fsp3) is 0.889. The van der Waals surface area contributed by atoms with Gasteiger partial charge in [-0.1, -0.05) is 58.3 Å². The van der Waals surface area contributed by atoms with E-state index < -0.39 is 0 Å². The Labute approximate surface area is 146 Å². The molecule has 0 aliphatic carbocycles. The van der Waals surface area contributed by atoms with Crippen LogP contribution in [0, 0.1) is 4.77 Å². The van der Waals surface area contributed by atoms with Gasteiger partial charge in [-0.15, -0.1) is 0 Å². The Hall–Kier alpha value is -0.680. The van der Waals surface area contributed by atoms with Crippen molar-refractivity contribution in [3.63, 3.8) is 0 Å². The molecule has 1 N–H and O–H groups in total. The molecule has 0 saturated carbocycles. The van der Waals surface area contributed by atoms with Gasteiger partial charge in [0, 0.05) is 13.0 Å². The number of nitrogens with one attached hydrogen (secondary N) is 1. The number of aromatic nitrogens is 3. The van der Waals surface area contributed by atoms with E-state index in [0.29, 0.717) is 6.10 Å². The molecule has 1 aliphatic heterocycles. The molecule has 2 rings (SSSR count). The van der Waals surface area contributed by atoms with Gasteiger partial charge in [-0.05, 0) is 31.5 Å². The maximum atomic E-state index is 5.73. The summed E-state index contributed by atoms with van der Waals surface area (Å²) in [5.41, 5.74) is 0. The van der Waals surface area contributed by atoms with Crippen molar-refractivity contribution in [3.05, 3.63) is 10.6 Å². The summed E-state index contributed by atoms with van der Waals surface area (Å²) < 4.78 is 8.62. The van der Waals surface area contributed by atoms with Crippen LogP contribution in [0.4, 0.5) is 0 Å². The Balaban J connectivity index is 1.61. The van der Waals surface area contributed by atoms with Crippen LogP contribution in [0.25, 0.3) is 0 Å². The molecule has 1 aromatic rings. The minimum absolute atomic E-state index is 0.321. The Bertz CT molecular complexity index is 477. The van der Waals surface area contributed by atoms with Gasteiger partial charge in [0.1, 0.15) is 5.82 Å². The van der Waals surface area contributed by atoms with Gasteiger partial charge in [0.05, 0.1) is 12.6 Å². The van der Waals surface area contributed by atoms with E-state index >= 15 is 0 Å². The minimum Gasteiger partial charge on any atom is -0.376 e. The second-order valence-electron chi connectivity index (χ2n) is 6.77. The molecule has 23 heavy (non-hydrogen) atoms. The second-order valence-corrected chi connectivity index (χ2v) is 7.16. The van der Waals surface area contributed by atoms with Gasteiger partial charge < -0.3 is 9.30 Å². The Morgan fingerprint density at radius 3 is 2.48 bits per heavy atom. The van der Waals surface area contributed by atoms with E-state index in [1.165, 1.54) is 64.2 Å². The highest BCUT2D eigenvalue weighted by Crippen LogP contribution is 2.16. The first-order valence-electron chi connectivity index (χ1n) is 9.57. The average molecular weight is 340 g/mol. The van der Waals surface area contributed by atoms with Crippen LogP contribution in [0.15, 0.2) is 0 Å². The van der Waals surface area contributed by atoms with Gasteiger partial charge in [-0.25, -0.2) is 0 Å². The van der Waals surface area contributed by atoms with Gasteiger partial charge >= 0.3 is 0 Å². The third-order valence-electron chi connectivity index (χ3n) is 4.75. The van der Waals surface area contributed by atoms with Gasteiger partial charge in [0.15, 0.2) is 4.77 Å². The van der Waals surface area contributed by atoms with Crippen molar-refractivity contribution < 1.29 is 4.74 Å². The second kappa shape index (κ2) is 11.0. The fourth-order valence-corrected chi connectivity index (χ4v) is 3.54. The fourth-order valence-electron chi connectivity index (χ4n) is 3.32. The Morgan fingerprint density at radius 1 is 1.13 bits per heavy atom. The predicted molar refractivity (Wildman–Crippen MR) is 97.3 cm³/mol. The summed E-state index contributed by atoms with van der Waals surface area (Å²) in [5.74, 6) is 1.11. The molecular weight excluding hydrogens is 306 g/mol. The van der Waals surface area contributed by atoms with Crippen molar-refractivity contribution >= 4 is 12.2 Å². The van der Waals surface area contributed by atoms with Crippen molar-refractivity contribution in [2.45, 2.75) is 96.6 Å². The number of aryl methyl sites for hydroxylation is 1. The molecule has 1 aromatic heterocycles. The monoisotopic (exact) mass is 339 g/mol. The number of nitrogens with zero attached hydrogens (tertiary/aromatic N) is 2. The first-order chi connectivity index (χ1) is 11.3. The SMILES string of the molecule is CCCCCCCCCCCc1n[nH]c(=S)n1CC1CCCO1. The standard InChI is InChI=1S/C18H33N3OS/c1-2-3-4-5-6-7-8-9-10-13-17-19-20-18(23)21(17)15-16-12-11-14-22-16/h16H,2-15H2,1H3,(H,20,23). The number of aromatic amines is 1. The Kier molecular flexibility index (Phi) is 8.90. The molecular formula is C18H33N3OS. The van der Waals surface area contributed by atoms with E-state index in [-0.39, 0.29) is 0 Å². The number of hydrogen-bond acceptors (Lipinski definition) is 3. The molecule has 1 atom stereocenters. The summed E-state index contributed by atoms with van der Waals surface area (Å²) in [6.45, 7) is 4.03. The molecule has 0 aromatic carbocycles. The van der Waals surface area contributed by atoms with Crippen LogP contribution in [0.5, 0.6) is 0 Å². The molecule has 1 saturated heterocycles. The number of rotatable bonds is 12. The lowest BCUT2D eigenvalue weighted by Gasteiger charge is -2.12. The number of unbranched alkanes of at least 4 members (excludes halogenated alkanes) is 8.